The molecule has 188 valence electrons. The van der Waals surface area contributed by atoms with Crippen molar-refractivity contribution in [2.75, 3.05) is 32.8 Å². The molecule has 8 nitrogen and oxygen atoms in total. The van der Waals surface area contributed by atoms with Crippen molar-refractivity contribution in [2.24, 2.45) is 0 Å². The fourth-order valence-corrected chi connectivity index (χ4v) is 4.46. The van der Waals surface area contributed by atoms with Crippen molar-refractivity contribution in [3.05, 3.63) is 59.7 Å². The predicted octanol–water partition coefficient (Wildman–Crippen LogP) is 4.03. The molecule has 0 bridgehead atoms. The van der Waals surface area contributed by atoms with Gasteiger partial charge >= 0.3 is 12.1 Å². The first-order valence-corrected chi connectivity index (χ1v) is 12.1. The summed E-state index contributed by atoms with van der Waals surface area (Å²) in [7, 11) is 0. The zero-order chi connectivity index (χ0) is 25.2. The molecule has 0 fully saturated rings. The molecule has 0 saturated heterocycles. The van der Waals surface area contributed by atoms with E-state index in [1.165, 1.54) is 4.90 Å². The smallest absolute Gasteiger partial charge is 0.407 e. The first kappa shape index (κ1) is 26.2. The second-order valence-corrected chi connectivity index (χ2v) is 8.51. The minimum atomic E-state index is -0.947. The lowest BCUT2D eigenvalue weighted by Gasteiger charge is -2.24. The SMILES string of the molecule is CCCN(CCC(=O)O)C(=O)CC(CNC(=O)OCC1c2ccccc2-c2ccccc21)OCC. The van der Waals surface area contributed by atoms with E-state index in [-0.39, 0.29) is 44.4 Å². The van der Waals surface area contributed by atoms with Crippen LogP contribution < -0.4 is 5.32 Å². The maximum absolute atomic E-state index is 12.7. The van der Waals surface area contributed by atoms with Crippen LogP contribution in [0.3, 0.4) is 0 Å². The average Bonchev–Trinajstić information content (AvgIpc) is 3.17. The van der Waals surface area contributed by atoms with E-state index in [0.29, 0.717) is 13.2 Å². The van der Waals surface area contributed by atoms with Gasteiger partial charge in [0.05, 0.1) is 18.9 Å². The van der Waals surface area contributed by atoms with Gasteiger partial charge in [0.2, 0.25) is 5.91 Å². The molecule has 2 aromatic carbocycles. The highest BCUT2D eigenvalue weighted by atomic mass is 16.5. The number of hydrogen-bond acceptors (Lipinski definition) is 5. The summed E-state index contributed by atoms with van der Waals surface area (Å²) in [5.41, 5.74) is 4.59. The normalized spacial score (nSPS) is 13.0. The summed E-state index contributed by atoms with van der Waals surface area (Å²) in [4.78, 5) is 37.6. The van der Waals surface area contributed by atoms with Crippen molar-refractivity contribution >= 4 is 18.0 Å². The summed E-state index contributed by atoms with van der Waals surface area (Å²) >= 11 is 0. The first-order valence-electron chi connectivity index (χ1n) is 12.1. The van der Waals surface area contributed by atoms with Crippen LogP contribution in [0, 0.1) is 0 Å². The number of aliphatic carboxylic acids is 1. The summed E-state index contributed by atoms with van der Waals surface area (Å²) in [6.45, 7) is 5.09. The quantitative estimate of drug-likeness (QED) is 0.447. The zero-order valence-corrected chi connectivity index (χ0v) is 20.4. The van der Waals surface area contributed by atoms with Gasteiger partial charge in [-0.3, -0.25) is 9.59 Å². The molecule has 0 spiro atoms. The molecule has 8 heteroatoms. The molecule has 1 unspecified atom stereocenters. The third kappa shape index (κ3) is 7.05. The number of fused-ring (bicyclic) bond motifs is 3. The maximum Gasteiger partial charge on any atom is 0.407 e. The second kappa shape index (κ2) is 12.9. The Morgan fingerprint density at radius 2 is 1.63 bits per heavy atom. The predicted molar refractivity (Wildman–Crippen MR) is 132 cm³/mol. The number of carboxylic acids is 1. The number of nitrogens with one attached hydrogen (secondary N) is 1. The number of carbonyl (C=O) groups excluding carboxylic acids is 2. The summed E-state index contributed by atoms with van der Waals surface area (Å²) in [5, 5.41) is 11.7. The van der Waals surface area contributed by atoms with E-state index in [1.54, 1.807) is 0 Å². The Labute approximate surface area is 206 Å². The Hall–Kier alpha value is -3.39. The standard InChI is InChI=1S/C27H34N2O6/c1-3-14-29(15-13-26(31)32)25(30)16-19(34-4-2)17-28-27(33)35-18-24-22-11-7-5-9-20(22)21-10-6-8-12-23(21)24/h5-12,19,24H,3-4,13-18H2,1-2H3,(H,28,33)(H,31,32). The van der Waals surface area contributed by atoms with Crippen LogP contribution in [0.2, 0.25) is 0 Å². The molecule has 1 atom stereocenters. The number of carboxylic acid groups (broad SMARTS) is 1. The monoisotopic (exact) mass is 482 g/mol. The maximum atomic E-state index is 12.7. The second-order valence-electron chi connectivity index (χ2n) is 8.51. The van der Waals surface area contributed by atoms with E-state index in [2.05, 4.69) is 29.6 Å². The fourth-order valence-electron chi connectivity index (χ4n) is 4.46. The number of alkyl carbamates (subject to hydrolysis) is 1. The highest BCUT2D eigenvalue weighted by molar-refractivity contribution is 5.79. The molecule has 0 aromatic heterocycles. The Kier molecular flexibility index (Phi) is 9.66. The summed E-state index contributed by atoms with van der Waals surface area (Å²) < 4.78 is 11.2. The summed E-state index contributed by atoms with van der Waals surface area (Å²) in [6, 6.07) is 16.3. The third-order valence-corrected chi connectivity index (χ3v) is 6.06. The highest BCUT2D eigenvalue weighted by Crippen LogP contribution is 2.44. The molecule has 1 aliphatic rings. The Bertz CT molecular complexity index is 979. The molecule has 35 heavy (non-hydrogen) atoms. The van der Waals surface area contributed by atoms with E-state index in [4.69, 9.17) is 14.6 Å². The Morgan fingerprint density at radius 3 is 2.20 bits per heavy atom. The van der Waals surface area contributed by atoms with Crippen molar-refractivity contribution in [1.29, 1.82) is 0 Å². The van der Waals surface area contributed by atoms with Crippen molar-refractivity contribution in [2.45, 2.75) is 45.1 Å². The zero-order valence-electron chi connectivity index (χ0n) is 20.4. The number of hydrogen-bond donors (Lipinski definition) is 2. The Balaban J connectivity index is 1.53. The van der Waals surface area contributed by atoms with Crippen LogP contribution in [-0.2, 0) is 19.1 Å². The topological polar surface area (TPSA) is 105 Å². The molecule has 0 saturated carbocycles. The van der Waals surface area contributed by atoms with Crippen LogP contribution in [-0.4, -0.2) is 66.9 Å². The Morgan fingerprint density at radius 1 is 1.00 bits per heavy atom. The number of rotatable bonds is 13. The summed E-state index contributed by atoms with van der Waals surface area (Å²) in [5.74, 6) is -1.17. The number of nitrogens with zero attached hydrogens (tertiary/aromatic N) is 1. The molecule has 0 aliphatic heterocycles. The van der Waals surface area contributed by atoms with Gasteiger partial charge in [0.15, 0.2) is 0 Å². The average molecular weight is 483 g/mol. The molecule has 0 radical (unpaired) electrons. The van der Waals surface area contributed by atoms with E-state index >= 15 is 0 Å². The van der Waals surface area contributed by atoms with Crippen molar-refractivity contribution < 1.29 is 29.0 Å². The van der Waals surface area contributed by atoms with Crippen LogP contribution in [0.1, 0.15) is 50.2 Å². The molecular weight excluding hydrogens is 448 g/mol. The molecular formula is C27H34N2O6. The van der Waals surface area contributed by atoms with Crippen LogP contribution in [0.15, 0.2) is 48.5 Å². The third-order valence-electron chi connectivity index (χ3n) is 6.06. The lowest BCUT2D eigenvalue weighted by atomic mass is 9.98. The van der Waals surface area contributed by atoms with Gasteiger partial charge in [-0.05, 0) is 35.6 Å². The molecule has 2 N–H and O–H groups in total. The van der Waals surface area contributed by atoms with Crippen LogP contribution in [0.4, 0.5) is 4.79 Å². The van der Waals surface area contributed by atoms with Gasteiger partial charge < -0.3 is 24.8 Å². The number of amides is 2. The van der Waals surface area contributed by atoms with Crippen molar-refractivity contribution in [3.8, 4) is 11.1 Å². The molecule has 3 rings (SSSR count). The highest BCUT2D eigenvalue weighted by Gasteiger charge is 2.29. The van der Waals surface area contributed by atoms with Gasteiger partial charge in [-0.15, -0.1) is 0 Å². The van der Waals surface area contributed by atoms with E-state index in [1.807, 2.05) is 38.1 Å². The fraction of sp³-hybridized carbons (Fsp3) is 0.444. The van der Waals surface area contributed by atoms with E-state index in [9.17, 15) is 14.4 Å². The lowest BCUT2D eigenvalue weighted by molar-refractivity contribution is -0.139. The minimum absolute atomic E-state index is 0.0331. The molecule has 0 heterocycles. The number of benzene rings is 2. The minimum Gasteiger partial charge on any atom is -0.481 e. The van der Waals surface area contributed by atoms with Crippen LogP contribution >= 0.6 is 0 Å². The van der Waals surface area contributed by atoms with E-state index < -0.39 is 18.2 Å². The number of ether oxygens (including phenoxy) is 2. The molecule has 2 aromatic rings. The van der Waals surface area contributed by atoms with Gasteiger partial charge in [0.1, 0.15) is 6.61 Å². The van der Waals surface area contributed by atoms with Gasteiger partial charge in [-0.2, -0.15) is 0 Å². The van der Waals surface area contributed by atoms with Crippen LogP contribution in [0.25, 0.3) is 11.1 Å². The number of carbonyl (C=O) groups is 3. The van der Waals surface area contributed by atoms with Crippen molar-refractivity contribution in [3.63, 3.8) is 0 Å². The summed E-state index contributed by atoms with van der Waals surface area (Å²) in [6.07, 6.45) is -0.430. The van der Waals surface area contributed by atoms with Gasteiger partial charge in [-0.25, -0.2) is 4.79 Å². The van der Waals surface area contributed by atoms with Gasteiger partial charge in [-0.1, -0.05) is 55.5 Å². The van der Waals surface area contributed by atoms with Crippen LogP contribution in [0.5, 0.6) is 0 Å². The largest absolute Gasteiger partial charge is 0.481 e. The first-order chi connectivity index (χ1) is 16.9. The van der Waals surface area contributed by atoms with Crippen molar-refractivity contribution in [1.82, 2.24) is 10.2 Å². The molecule has 1 aliphatic carbocycles. The molecule has 2 amide bonds. The lowest BCUT2D eigenvalue weighted by Crippen LogP contribution is -2.40. The van der Waals surface area contributed by atoms with Gasteiger partial charge in [0, 0.05) is 32.2 Å². The van der Waals surface area contributed by atoms with E-state index in [0.717, 1.165) is 28.7 Å². The van der Waals surface area contributed by atoms with Gasteiger partial charge in [0.25, 0.3) is 0 Å².